The van der Waals surface area contributed by atoms with Crippen molar-refractivity contribution >= 4 is 17.6 Å². The molecule has 1 aromatic carbocycles. The lowest BCUT2D eigenvalue weighted by Crippen LogP contribution is -2.27. The summed E-state index contributed by atoms with van der Waals surface area (Å²) in [7, 11) is 0. The van der Waals surface area contributed by atoms with Crippen LogP contribution in [0.3, 0.4) is 0 Å². The number of hydrogen-bond acceptors (Lipinski definition) is 5. The third-order valence-electron chi connectivity index (χ3n) is 3.57. The fraction of sp³-hybridized carbons (Fsp3) is 0.353. The van der Waals surface area contributed by atoms with Crippen LogP contribution in [0, 0.1) is 0 Å². The number of carbonyl (C=O) groups is 2. The molecular weight excluding hydrogens is 324 g/mol. The lowest BCUT2D eigenvalue weighted by Gasteiger charge is -2.09. The van der Waals surface area contributed by atoms with E-state index >= 15 is 0 Å². The van der Waals surface area contributed by atoms with Crippen LogP contribution < -0.4 is 20.1 Å². The molecule has 1 aromatic heterocycles. The van der Waals surface area contributed by atoms with E-state index in [0.717, 1.165) is 6.42 Å². The first-order valence-electron chi connectivity index (χ1n) is 8.17. The molecule has 2 amide bonds. The van der Waals surface area contributed by atoms with E-state index < -0.39 is 0 Å². The van der Waals surface area contributed by atoms with Gasteiger partial charge in [0.15, 0.2) is 17.3 Å². The molecule has 1 aliphatic heterocycles. The normalized spacial score (nSPS) is 13.0. The fourth-order valence-corrected chi connectivity index (χ4v) is 2.41. The van der Waals surface area contributed by atoms with Crippen LogP contribution >= 0.6 is 0 Å². The summed E-state index contributed by atoms with van der Waals surface area (Å²) in [6.07, 6.45) is 2.44. The average Bonchev–Trinajstić information content (AvgIpc) is 2.89. The number of anilines is 1. The van der Waals surface area contributed by atoms with E-state index in [2.05, 4.69) is 15.7 Å². The van der Waals surface area contributed by atoms with Crippen molar-refractivity contribution in [3.05, 3.63) is 36.0 Å². The summed E-state index contributed by atoms with van der Waals surface area (Å²) >= 11 is 0. The third kappa shape index (κ3) is 4.28. The van der Waals surface area contributed by atoms with Crippen LogP contribution in [0.5, 0.6) is 11.5 Å². The molecule has 0 saturated heterocycles. The minimum Gasteiger partial charge on any atom is -0.490 e. The van der Waals surface area contributed by atoms with E-state index in [-0.39, 0.29) is 18.4 Å². The Morgan fingerprint density at radius 2 is 2.00 bits per heavy atom. The van der Waals surface area contributed by atoms with Gasteiger partial charge in [0, 0.05) is 30.8 Å². The monoisotopic (exact) mass is 344 g/mol. The van der Waals surface area contributed by atoms with Gasteiger partial charge >= 0.3 is 0 Å². The Morgan fingerprint density at radius 1 is 1.20 bits per heavy atom. The zero-order valence-electron chi connectivity index (χ0n) is 13.9. The zero-order chi connectivity index (χ0) is 17.6. The number of amides is 2. The molecule has 0 fully saturated rings. The van der Waals surface area contributed by atoms with Crippen LogP contribution in [0.1, 0.15) is 23.7 Å². The number of aromatic nitrogens is 2. The summed E-state index contributed by atoms with van der Waals surface area (Å²) < 4.78 is 12.6. The zero-order valence-corrected chi connectivity index (χ0v) is 13.9. The van der Waals surface area contributed by atoms with Crippen molar-refractivity contribution in [1.29, 1.82) is 0 Å². The molecule has 0 spiro atoms. The first-order valence-corrected chi connectivity index (χ1v) is 8.17. The molecule has 25 heavy (non-hydrogen) atoms. The van der Waals surface area contributed by atoms with Gasteiger partial charge in [-0.2, -0.15) is 5.10 Å². The predicted molar refractivity (Wildman–Crippen MR) is 90.9 cm³/mol. The number of hydrogen-bond donors (Lipinski definition) is 2. The molecular formula is C17H20N4O4. The molecule has 2 aromatic rings. The summed E-state index contributed by atoms with van der Waals surface area (Å²) in [6.45, 7) is 3.67. The fourth-order valence-electron chi connectivity index (χ4n) is 2.41. The molecule has 0 unspecified atom stereocenters. The Hall–Kier alpha value is -3.03. The minimum absolute atomic E-state index is 0.105. The minimum atomic E-state index is -0.307. The van der Waals surface area contributed by atoms with Gasteiger partial charge in [0.25, 0.3) is 5.91 Å². The summed E-state index contributed by atoms with van der Waals surface area (Å²) in [5.74, 6) is 1.14. The highest BCUT2D eigenvalue weighted by Gasteiger charge is 2.15. The summed E-state index contributed by atoms with van der Waals surface area (Å²) in [6, 6.07) is 6.69. The molecule has 8 heteroatoms. The van der Waals surface area contributed by atoms with Gasteiger partial charge in [0.2, 0.25) is 5.91 Å². The van der Waals surface area contributed by atoms with Crippen molar-refractivity contribution in [3.8, 4) is 11.5 Å². The molecule has 1 aliphatic rings. The highest BCUT2D eigenvalue weighted by molar-refractivity contribution is 6.04. The maximum atomic E-state index is 12.4. The number of rotatable bonds is 5. The average molecular weight is 344 g/mol. The second-order valence-electron chi connectivity index (χ2n) is 5.52. The molecule has 3 rings (SSSR count). The molecule has 0 atom stereocenters. The third-order valence-corrected chi connectivity index (χ3v) is 3.57. The summed E-state index contributed by atoms with van der Waals surface area (Å²) in [4.78, 5) is 23.9. The van der Waals surface area contributed by atoms with Gasteiger partial charge in [0.1, 0.15) is 6.54 Å². The van der Waals surface area contributed by atoms with Gasteiger partial charge in [-0.25, -0.2) is 0 Å². The van der Waals surface area contributed by atoms with Crippen LogP contribution in [0.4, 0.5) is 5.82 Å². The number of fused-ring (bicyclic) bond motifs is 1. The van der Waals surface area contributed by atoms with E-state index in [9.17, 15) is 9.59 Å². The van der Waals surface area contributed by atoms with Crippen LogP contribution in [-0.2, 0) is 11.3 Å². The molecule has 2 N–H and O–H groups in total. The summed E-state index contributed by atoms with van der Waals surface area (Å²) in [5.41, 5.74) is 0.447. The number of nitrogens with one attached hydrogen (secondary N) is 2. The quantitative estimate of drug-likeness (QED) is 0.856. The van der Waals surface area contributed by atoms with Crippen molar-refractivity contribution in [2.75, 3.05) is 25.1 Å². The molecule has 0 saturated carbocycles. The highest BCUT2D eigenvalue weighted by atomic mass is 16.5. The van der Waals surface area contributed by atoms with Gasteiger partial charge < -0.3 is 20.1 Å². The van der Waals surface area contributed by atoms with E-state index in [1.54, 1.807) is 30.5 Å². The van der Waals surface area contributed by atoms with Crippen LogP contribution in [-0.4, -0.2) is 41.4 Å². The number of carbonyl (C=O) groups excluding carboxylic acids is 2. The molecule has 8 nitrogen and oxygen atoms in total. The Morgan fingerprint density at radius 3 is 2.80 bits per heavy atom. The van der Waals surface area contributed by atoms with Gasteiger partial charge in [-0.1, -0.05) is 0 Å². The number of ether oxygens (including phenoxy) is 2. The standard InChI is InChI=1S/C17H20N4O4/c1-2-18-16(22)11-21-7-6-15(20-21)19-17(23)12-4-5-13-14(10-12)25-9-3-8-24-13/h4-7,10H,2-3,8-9,11H2,1H3,(H,18,22)(H,19,20,23). The van der Waals surface area contributed by atoms with E-state index in [0.29, 0.717) is 42.6 Å². The summed E-state index contributed by atoms with van der Waals surface area (Å²) in [5, 5.41) is 9.57. The molecule has 0 radical (unpaired) electrons. The predicted octanol–water partition coefficient (Wildman–Crippen LogP) is 1.43. The van der Waals surface area contributed by atoms with Crippen molar-refractivity contribution < 1.29 is 19.1 Å². The highest BCUT2D eigenvalue weighted by Crippen LogP contribution is 2.30. The van der Waals surface area contributed by atoms with Gasteiger partial charge in [-0.15, -0.1) is 0 Å². The maximum Gasteiger partial charge on any atom is 0.257 e. The number of benzene rings is 1. The van der Waals surface area contributed by atoms with Crippen molar-refractivity contribution in [2.45, 2.75) is 19.9 Å². The lowest BCUT2D eigenvalue weighted by molar-refractivity contribution is -0.121. The van der Waals surface area contributed by atoms with Crippen LogP contribution in [0.25, 0.3) is 0 Å². The Kier molecular flexibility index (Phi) is 5.17. The largest absolute Gasteiger partial charge is 0.490 e. The van der Waals surface area contributed by atoms with Crippen LogP contribution in [0.15, 0.2) is 30.5 Å². The van der Waals surface area contributed by atoms with Gasteiger partial charge in [-0.3, -0.25) is 14.3 Å². The molecule has 132 valence electrons. The number of nitrogens with zero attached hydrogens (tertiary/aromatic N) is 2. The second-order valence-corrected chi connectivity index (χ2v) is 5.52. The first kappa shape index (κ1) is 16.8. The SMILES string of the molecule is CCNC(=O)Cn1ccc(NC(=O)c2ccc3c(c2)OCCCO3)n1. The van der Waals surface area contributed by atoms with Crippen molar-refractivity contribution in [1.82, 2.24) is 15.1 Å². The molecule has 0 aliphatic carbocycles. The lowest BCUT2D eigenvalue weighted by atomic mass is 10.2. The van der Waals surface area contributed by atoms with E-state index in [1.165, 1.54) is 4.68 Å². The molecule has 2 heterocycles. The van der Waals surface area contributed by atoms with Gasteiger partial charge in [0.05, 0.1) is 13.2 Å². The topological polar surface area (TPSA) is 94.5 Å². The number of likely N-dealkylation sites (N-methyl/N-ethyl adjacent to an activating group) is 1. The Bertz CT molecular complexity index is 772. The smallest absolute Gasteiger partial charge is 0.257 e. The van der Waals surface area contributed by atoms with Crippen molar-refractivity contribution in [3.63, 3.8) is 0 Å². The Balaban J connectivity index is 1.65. The van der Waals surface area contributed by atoms with Crippen LogP contribution in [0.2, 0.25) is 0 Å². The second kappa shape index (κ2) is 7.69. The van der Waals surface area contributed by atoms with E-state index in [1.807, 2.05) is 6.92 Å². The van der Waals surface area contributed by atoms with Crippen molar-refractivity contribution in [2.24, 2.45) is 0 Å². The Labute approximate surface area is 145 Å². The maximum absolute atomic E-state index is 12.4. The van der Waals surface area contributed by atoms with Gasteiger partial charge in [-0.05, 0) is 25.1 Å². The van der Waals surface area contributed by atoms with E-state index in [4.69, 9.17) is 9.47 Å². The first-order chi connectivity index (χ1) is 12.2. The molecule has 0 bridgehead atoms.